The second-order valence-corrected chi connectivity index (χ2v) is 5.20. The summed E-state index contributed by atoms with van der Waals surface area (Å²) in [6.07, 6.45) is 3.54. The molecule has 2 amide bonds. The molecule has 0 aliphatic carbocycles. The van der Waals surface area contributed by atoms with Crippen molar-refractivity contribution in [1.82, 2.24) is 10.2 Å². The van der Waals surface area contributed by atoms with Crippen molar-refractivity contribution in [2.24, 2.45) is 5.92 Å². The average Bonchev–Trinajstić information content (AvgIpc) is 2.90. The number of ether oxygens (including phenoxy) is 1. The van der Waals surface area contributed by atoms with E-state index in [1.165, 1.54) is 0 Å². The molecule has 0 aromatic rings. The number of piperidine rings is 1. The fourth-order valence-electron chi connectivity index (χ4n) is 2.60. The first-order valence-electron chi connectivity index (χ1n) is 6.81. The van der Waals surface area contributed by atoms with Crippen molar-refractivity contribution in [3.05, 3.63) is 0 Å². The van der Waals surface area contributed by atoms with Crippen LogP contribution < -0.4 is 5.32 Å². The van der Waals surface area contributed by atoms with Crippen LogP contribution in [0.5, 0.6) is 0 Å². The van der Waals surface area contributed by atoms with Gasteiger partial charge in [0, 0.05) is 33.2 Å². The van der Waals surface area contributed by atoms with Gasteiger partial charge >= 0.3 is 0 Å². The van der Waals surface area contributed by atoms with Gasteiger partial charge in [-0.05, 0) is 31.6 Å². The Bertz CT molecular complexity index is 305. The topological polar surface area (TPSA) is 58.6 Å². The van der Waals surface area contributed by atoms with Crippen LogP contribution in [0.25, 0.3) is 0 Å². The van der Waals surface area contributed by atoms with Gasteiger partial charge in [-0.2, -0.15) is 0 Å². The highest BCUT2D eigenvalue weighted by atomic mass is 16.5. The molecule has 5 heteroatoms. The lowest BCUT2D eigenvalue weighted by Crippen LogP contribution is -2.42. The quantitative estimate of drug-likeness (QED) is 0.799. The lowest BCUT2D eigenvalue weighted by molar-refractivity contribution is -0.132. The first-order valence-corrected chi connectivity index (χ1v) is 6.81. The number of nitrogens with zero attached hydrogens (tertiary/aromatic N) is 1. The largest absolute Gasteiger partial charge is 0.368 e. The van der Waals surface area contributed by atoms with Crippen molar-refractivity contribution < 1.29 is 14.3 Å². The standard InChI is InChI=1S/C13H22N2O3/c1-10(16)15-6-4-11(5-7-15)9-14-13(17)12-3-2-8-18-12/h11-12H,2-9H2,1H3,(H,14,17). The molecule has 5 nitrogen and oxygen atoms in total. The molecule has 102 valence electrons. The van der Waals surface area contributed by atoms with E-state index in [4.69, 9.17) is 4.74 Å². The van der Waals surface area contributed by atoms with Crippen molar-refractivity contribution >= 4 is 11.8 Å². The van der Waals surface area contributed by atoms with Gasteiger partial charge in [-0.25, -0.2) is 0 Å². The summed E-state index contributed by atoms with van der Waals surface area (Å²) in [7, 11) is 0. The van der Waals surface area contributed by atoms with E-state index in [1.54, 1.807) is 6.92 Å². The summed E-state index contributed by atoms with van der Waals surface area (Å²) in [5.74, 6) is 0.671. The zero-order valence-electron chi connectivity index (χ0n) is 11.0. The Labute approximate surface area is 108 Å². The summed E-state index contributed by atoms with van der Waals surface area (Å²) in [4.78, 5) is 24.8. The van der Waals surface area contributed by atoms with E-state index in [-0.39, 0.29) is 17.9 Å². The highest BCUT2D eigenvalue weighted by Crippen LogP contribution is 2.17. The number of hydrogen-bond acceptors (Lipinski definition) is 3. The predicted molar refractivity (Wildman–Crippen MR) is 67.0 cm³/mol. The summed E-state index contributed by atoms with van der Waals surface area (Å²) in [6.45, 7) is 4.66. The highest BCUT2D eigenvalue weighted by molar-refractivity contribution is 5.80. The summed E-state index contributed by atoms with van der Waals surface area (Å²) >= 11 is 0. The van der Waals surface area contributed by atoms with E-state index >= 15 is 0 Å². The molecular formula is C13H22N2O3. The smallest absolute Gasteiger partial charge is 0.249 e. The highest BCUT2D eigenvalue weighted by Gasteiger charge is 2.25. The third kappa shape index (κ3) is 3.45. The minimum atomic E-state index is -0.234. The molecule has 2 fully saturated rings. The van der Waals surface area contributed by atoms with Gasteiger partial charge in [0.2, 0.25) is 11.8 Å². The van der Waals surface area contributed by atoms with E-state index in [2.05, 4.69) is 5.32 Å². The second kappa shape index (κ2) is 6.18. The van der Waals surface area contributed by atoms with E-state index < -0.39 is 0 Å². The van der Waals surface area contributed by atoms with Gasteiger partial charge in [-0.3, -0.25) is 9.59 Å². The minimum absolute atomic E-state index is 0.0292. The van der Waals surface area contributed by atoms with Crippen molar-refractivity contribution in [2.75, 3.05) is 26.2 Å². The lowest BCUT2D eigenvalue weighted by atomic mass is 9.96. The van der Waals surface area contributed by atoms with Crippen LogP contribution in [0.1, 0.15) is 32.6 Å². The first kappa shape index (κ1) is 13.3. The van der Waals surface area contributed by atoms with Crippen LogP contribution in [0.2, 0.25) is 0 Å². The molecule has 0 aromatic heterocycles. The molecule has 0 bridgehead atoms. The van der Waals surface area contributed by atoms with Crippen LogP contribution in [-0.4, -0.2) is 49.1 Å². The number of amides is 2. The summed E-state index contributed by atoms with van der Waals surface area (Å²) < 4.78 is 5.34. The molecule has 2 aliphatic rings. The number of nitrogens with one attached hydrogen (secondary N) is 1. The van der Waals surface area contributed by atoms with Gasteiger partial charge in [-0.15, -0.1) is 0 Å². The van der Waals surface area contributed by atoms with Crippen LogP contribution in [0.15, 0.2) is 0 Å². The van der Waals surface area contributed by atoms with Crippen molar-refractivity contribution in [3.63, 3.8) is 0 Å². The lowest BCUT2D eigenvalue weighted by Gasteiger charge is -2.31. The molecule has 0 aromatic carbocycles. The van der Waals surface area contributed by atoms with E-state index in [0.29, 0.717) is 19.1 Å². The van der Waals surface area contributed by atoms with Crippen LogP contribution >= 0.6 is 0 Å². The third-order valence-electron chi connectivity index (χ3n) is 3.85. The van der Waals surface area contributed by atoms with Gasteiger partial charge in [0.1, 0.15) is 6.10 Å². The molecule has 2 heterocycles. The molecule has 2 saturated heterocycles. The fraction of sp³-hybridized carbons (Fsp3) is 0.846. The molecule has 2 aliphatic heterocycles. The number of rotatable bonds is 3. The van der Waals surface area contributed by atoms with Crippen LogP contribution in [0.3, 0.4) is 0 Å². The van der Waals surface area contributed by atoms with Crippen LogP contribution in [-0.2, 0) is 14.3 Å². The predicted octanol–water partition coefficient (Wildman–Crippen LogP) is 0.540. The zero-order valence-corrected chi connectivity index (χ0v) is 11.0. The maximum absolute atomic E-state index is 11.8. The SMILES string of the molecule is CC(=O)N1CCC(CNC(=O)C2CCCO2)CC1. The normalized spacial score (nSPS) is 25.2. The molecular weight excluding hydrogens is 232 g/mol. The van der Waals surface area contributed by atoms with Crippen LogP contribution in [0, 0.1) is 5.92 Å². The number of likely N-dealkylation sites (tertiary alicyclic amines) is 1. The van der Waals surface area contributed by atoms with Gasteiger partial charge < -0.3 is 15.0 Å². The summed E-state index contributed by atoms with van der Waals surface area (Å²) in [5.41, 5.74) is 0. The maximum atomic E-state index is 11.8. The third-order valence-corrected chi connectivity index (χ3v) is 3.85. The average molecular weight is 254 g/mol. The molecule has 0 saturated carbocycles. The maximum Gasteiger partial charge on any atom is 0.249 e. The molecule has 18 heavy (non-hydrogen) atoms. The van der Waals surface area contributed by atoms with Crippen LogP contribution in [0.4, 0.5) is 0 Å². The number of carbonyl (C=O) groups is 2. The monoisotopic (exact) mass is 254 g/mol. The first-order chi connectivity index (χ1) is 8.66. The Morgan fingerprint density at radius 1 is 1.28 bits per heavy atom. The Morgan fingerprint density at radius 3 is 2.56 bits per heavy atom. The van der Waals surface area contributed by atoms with Crippen molar-refractivity contribution in [1.29, 1.82) is 0 Å². The summed E-state index contributed by atoms with van der Waals surface area (Å²) in [6, 6.07) is 0. The van der Waals surface area contributed by atoms with E-state index in [1.807, 2.05) is 4.90 Å². The van der Waals surface area contributed by atoms with E-state index in [9.17, 15) is 9.59 Å². The van der Waals surface area contributed by atoms with Gasteiger partial charge in [0.15, 0.2) is 0 Å². The molecule has 2 rings (SSSR count). The van der Waals surface area contributed by atoms with E-state index in [0.717, 1.165) is 38.8 Å². The van der Waals surface area contributed by atoms with Crippen molar-refractivity contribution in [2.45, 2.75) is 38.7 Å². The summed E-state index contributed by atoms with van der Waals surface area (Å²) in [5, 5.41) is 2.97. The second-order valence-electron chi connectivity index (χ2n) is 5.20. The molecule has 1 atom stereocenters. The Kier molecular flexibility index (Phi) is 4.58. The Hall–Kier alpha value is -1.10. The van der Waals surface area contributed by atoms with Gasteiger partial charge in [-0.1, -0.05) is 0 Å². The Morgan fingerprint density at radius 2 is 2.00 bits per heavy atom. The molecule has 0 spiro atoms. The molecule has 0 radical (unpaired) electrons. The molecule has 1 unspecified atom stereocenters. The molecule has 1 N–H and O–H groups in total. The number of carbonyl (C=O) groups excluding carboxylic acids is 2. The van der Waals surface area contributed by atoms with Crippen molar-refractivity contribution in [3.8, 4) is 0 Å². The van der Waals surface area contributed by atoms with Gasteiger partial charge in [0.25, 0.3) is 0 Å². The Balaban J connectivity index is 1.65. The zero-order chi connectivity index (χ0) is 13.0. The van der Waals surface area contributed by atoms with Gasteiger partial charge in [0.05, 0.1) is 0 Å². The number of hydrogen-bond donors (Lipinski definition) is 1. The fourth-order valence-corrected chi connectivity index (χ4v) is 2.60. The minimum Gasteiger partial charge on any atom is -0.368 e.